The first-order valence-corrected chi connectivity index (χ1v) is 9.70. The van der Waals surface area contributed by atoms with Crippen molar-refractivity contribution in [3.63, 3.8) is 0 Å². The van der Waals surface area contributed by atoms with E-state index in [2.05, 4.69) is 0 Å². The van der Waals surface area contributed by atoms with Gasteiger partial charge < -0.3 is 9.64 Å². The summed E-state index contributed by atoms with van der Waals surface area (Å²) in [5, 5.41) is 0. The van der Waals surface area contributed by atoms with Gasteiger partial charge in [-0.15, -0.1) is 0 Å². The van der Waals surface area contributed by atoms with E-state index in [0.29, 0.717) is 19.2 Å². The smallest absolute Gasteiger partial charge is 0.243 e. The molecule has 2 aliphatic rings. The van der Waals surface area contributed by atoms with Crippen LogP contribution in [0.25, 0.3) is 0 Å². The maximum Gasteiger partial charge on any atom is 0.243 e. The first-order valence-electron chi connectivity index (χ1n) is 8.26. The molecule has 0 bridgehead atoms. The number of nitrogens with one attached hydrogen (secondary N) is 1. The van der Waals surface area contributed by atoms with Gasteiger partial charge in [0, 0.05) is 6.61 Å². The number of halogens is 1. The minimum atomic E-state index is -3.59. The number of piperazine rings is 1. The van der Waals surface area contributed by atoms with Crippen LogP contribution in [0.5, 0.6) is 0 Å². The van der Waals surface area contributed by atoms with Crippen LogP contribution in [-0.2, 0) is 14.8 Å². The fraction of sp³-hybridized carbons (Fsp3) is 0.625. The number of hydrogen-bond donors (Lipinski definition) is 1. The van der Waals surface area contributed by atoms with Crippen molar-refractivity contribution in [3.05, 3.63) is 30.1 Å². The number of nitrogens with zero attached hydrogens (tertiary/aromatic N) is 1. The number of quaternary nitrogens is 1. The van der Waals surface area contributed by atoms with E-state index in [9.17, 15) is 12.8 Å². The molecule has 23 heavy (non-hydrogen) atoms. The van der Waals surface area contributed by atoms with Crippen LogP contribution in [0, 0.1) is 5.82 Å². The fourth-order valence-corrected chi connectivity index (χ4v) is 4.79. The van der Waals surface area contributed by atoms with Gasteiger partial charge in [0.15, 0.2) is 0 Å². The van der Waals surface area contributed by atoms with Crippen LogP contribution in [0.3, 0.4) is 0 Å². The van der Waals surface area contributed by atoms with Crippen LogP contribution in [0.15, 0.2) is 29.2 Å². The molecule has 0 spiro atoms. The van der Waals surface area contributed by atoms with Gasteiger partial charge in [-0.25, -0.2) is 12.8 Å². The maximum atomic E-state index is 13.3. The summed E-state index contributed by atoms with van der Waals surface area (Å²) in [5.41, 5.74) is 0. The van der Waals surface area contributed by atoms with Crippen molar-refractivity contribution in [2.24, 2.45) is 0 Å². The number of benzene rings is 1. The van der Waals surface area contributed by atoms with Gasteiger partial charge in [0.1, 0.15) is 18.5 Å². The lowest BCUT2D eigenvalue weighted by Gasteiger charge is -2.34. The van der Waals surface area contributed by atoms with Gasteiger partial charge >= 0.3 is 0 Å². The Hall–Kier alpha value is -1.02. The minimum absolute atomic E-state index is 0.0385. The highest BCUT2D eigenvalue weighted by Crippen LogP contribution is 2.16. The Labute approximate surface area is 137 Å². The first-order chi connectivity index (χ1) is 11.1. The highest BCUT2D eigenvalue weighted by Gasteiger charge is 2.31. The Balaban J connectivity index is 1.57. The molecule has 0 aromatic heterocycles. The lowest BCUT2D eigenvalue weighted by molar-refractivity contribution is -0.907. The summed E-state index contributed by atoms with van der Waals surface area (Å²) in [4.78, 5) is 1.43. The Morgan fingerprint density at radius 1 is 1.26 bits per heavy atom. The van der Waals surface area contributed by atoms with Crippen molar-refractivity contribution in [2.75, 3.05) is 39.3 Å². The fourth-order valence-electron chi connectivity index (χ4n) is 3.31. The van der Waals surface area contributed by atoms with Crippen LogP contribution in [0.4, 0.5) is 4.39 Å². The van der Waals surface area contributed by atoms with Crippen LogP contribution in [0.2, 0.25) is 0 Å². The molecular formula is C16H24FN2O3S+. The number of rotatable bonds is 4. The molecule has 1 atom stereocenters. The van der Waals surface area contributed by atoms with Gasteiger partial charge in [-0.1, -0.05) is 6.07 Å². The standard InChI is InChI=1S/C16H23FN2O3S/c17-14-4-3-6-16(12-14)23(20,21)19-9-7-18(8-10-19)13-15-5-1-2-11-22-15/h3-4,6,12,15H,1-2,5,7-11,13H2/p+1/t15-/m0/s1. The molecule has 0 aliphatic carbocycles. The summed E-state index contributed by atoms with van der Waals surface area (Å²) >= 11 is 0. The zero-order valence-electron chi connectivity index (χ0n) is 13.2. The predicted molar refractivity (Wildman–Crippen MR) is 84.3 cm³/mol. The van der Waals surface area contributed by atoms with Crippen LogP contribution in [-0.4, -0.2) is 58.2 Å². The van der Waals surface area contributed by atoms with E-state index in [4.69, 9.17) is 4.74 Å². The topological polar surface area (TPSA) is 51.0 Å². The molecule has 2 aliphatic heterocycles. The van der Waals surface area contributed by atoms with Crippen molar-refractivity contribution in [1.82, 2.24) is 4.31 Å². The van der Waals surface area contributed by atoms with Gasteiger partial charge in [0.2, 0.25) is 10.0 Å². The monoisotopic (exact) mass is 343 g/mol. The minimum Gasteiger partial charge on any atom is -0.372 e. The molecule has 0 saturated carbocycles. The summed E-state index contributed by atoms with van der Waals surface area (Å²) in [5.74, 6) is -0.523. The van der Waals surface area contributed by atoms with E-state index >= 15 is 0 Å². The summed E-state index contributed by atoms with van der Waals surface area (Å²) in [6.07, 6.45) is 3.78. The van der Waals surface area contributed by atoms with E-state index in [1.807, 2.05) is 0 Å². The molecule has 1 aromatic rings. The molecule has 1 aromatic carbocycles. The SMILES string of the molecule is O=S(=O)(c1cccc(F)c1)N1CC[NH+](C[C@@H]2CCCCO2)CC1. The molecule has 0 amide bonds. The average Bonchev–Trinajstić information content (AvgIpc) is 2.56. The average molecular weight is 343 g/mol. The van der Waals surface area contributed by atoms with Crippen molar-refractivity contribution in [3.8, 4) is 0 Å². The second-order valence-electron chi connectivity index (χ2n) is 6.30. The van der Waals surface area contributed by atoms with Crippen molar-refractivity contribution >= 4 is 10.0 Å². The van der Waals surface area contributed by atoms with Crippen LogP contribution < -0.4 is 4.90 Å². The lowest BCUT2D eigenvalue weighted by atomic mass is 10.1. The van der Waals surface area contributed by atoms with E-state index in [1.165, 1.54) is 33.8 Å². The van der Waals surface area contributed by atoms with Gasteiger partial charge in [-0.05, 0) is 37.5 Å². The summed E-state index contributed by atoms with van der Waals surface area (Å²) in [6, 6.07) is 5.23. The largest absolute Gasteiger partial charge is 0.372 e. The molecule has 7 heteroatoms. The third-order valence-corrected chi connectivity index (χ3v) is 6.55. The Morgan fingerprint density at radius 3 is 2.70 bits per heavy atom. The van der Waals surface area contributed by atoms with E-state index < -0.39 is 15.8 Å². The third-order valence-electron chi connectivity index (χ3n) is 4.65. The zero-order valence-corrected chi connectivity index (χ0v) is 14.0. The zero-order chi connectivity index (χ0) is 16.3. The molecule has 0 unspecified atom stereocenters. The van der Waals surface area contributed by atoms with Crippen LogP contribution in [0.1, 0.15) is 19.3 Å². The maximum absolute atomic E-state index is 13.3. The van der Waals surface area contributed by atoms with Gasteiger partial charge in [0.25, 0.3) is 0 Å². The molecule has 2 saturated heterocycles. The normalized spacial score (nSPS) is 24.7. The molecule has 0 radical (unpaired) electrons. The molecule has 2 heterocycles. The molecule has 5 nitrogen and oxygen atoms in total. The lowest BCUT2D eigenvalue weighted by Crippen LogP contribution is -3.15. The summed E-state index contributed by atoms with van der Waals surface area (Å²) in [6.45, 7) is 4.29. The van der Waals surface area contributed by atoms with E-state index in [1.54, 1.807) is 0 Å². The summed E-state index contributed by atoms with van der Waals surface area (Å²) in [7, 11) is -3.59. The Bertz CT molecular complexity index is 624. The van der Waals surface area contributed by atoms with E-state index in [-0.39, 0.29) is 4.90 Å². The quantitative estimate of drug-likeness (QED) is 0.855. The van der Waals surface area contributed by atoms with E-state index in [0.717, 1.165) is 45.1 Å². The summed E-state index contributed by atoms with van der Waals surface area (Å²) < 4.78 is 45.6. The highest BCUT2D eigenvalue weighted by atomic mass is 32.2. The van der Waals surface area contributed by atoms with Crippen molar-refractivity contribution in [2.45, 2.75) is 30.3 Å². The van der Waals surface area contributed by atoms with Crippen LogP contribution >= 0.6 is 0 Å². The molecular weight excluding hydrogens is 319 g/mol. The first kappa shape index (κ1) is 16.8. The number of sulfonamides is 1. The predicted octanol–water partition coefficient (Wildman–Crippen LogP) is 0.284. The van der Waals surface area contributed by atoms with Gasteiger partial charge in [-0.2, -0.15) is 4.31 Å². The molecule has 3 rings (SSSR count). The second kappa shape index (κ2) is 7.25. The number of hydrogen-bond acceptors (Lipinski definition) is 3. The van der Waals surface area contributed by atoms with Crippen molar-refractivity contribution < 1.29 is 22.4 Å². The molecule has 128 valence electrons. The highest BCUT2D eigenvalue weighted by molar-refractivity contribution is 7.89. The third kappa shape index (κ3) is 4.09. The number of ether oxygens (including phenoxy) is 1. The Morgan fingerprint density at radius 2 is 2.04 bits per heavy atom. The van der Waals surface area contributed by atoms with Gasteiger partial charge in [0.05, 0.1) is 31.1 Å². The molecule has 2 fully saturated rings. The van der Waals surface area contributed by atoms with Crippen molar-refractivity contribution in [1.29, 1.82) is 0 Å². The second-order valence-corrected chi connectivity index (χ2v) is 8.24. The molecule has 1 N–H and O–H groups in total. The Kier molecular flexibility index (Phi) is 5.31. The van der Waals surface area contributed by atoms with Gasteiger partial charge in [-0.3, -0.25) is 0 Å².